The van der Waals surface area contributed by atoms with Crippen molar-refractivity contribution < 1.29 is 9.94 Å². The molecule has 5 nitrogen and oxygen atoms in total. The van der Waals surface area contributed by atoms with Gasteiger partial charge in [0.2, 0.25) is 0 Å². The monoisotopic (exact) mass is 329 g/mol. The molecule has 106 valence electrons. The molecular formula is C13H20BrN3O2. The van der Waals surface area contributed by atoms with Crippen LogP contribution in [0.3, 0.4) is 0 Å². The molecule has 0 amide bonds. The number of nitrogens with two attached hydrogens (primary N) is 1. The van der Waals surface area contributed by atoms with Gasteiger partial charge in [0.25, 0.3) is 0 Å². The number of ether oxygens (including phenoxy) is 1. The zero-order valence-electron chi connectivity index (χ0n) is 11.4. The highest BCUT2D eigenvalue weighted by molar-refractivity contribution is 9.10. The number of benzene rings is 1. The molecule has 1 rings (SSSR count). The molecule has 1 atom stereocenters. The Labute approximate surface area is 122 Å². The van der Waals surface area contributed by atoms with Crippen LogP contribution in [0, 0.1) is 5.92 Å². The molecule has 0 aliphatic carbocycles. The van der Waals surface area contributed by atoms with Gasteiger partial charge in [-0.1, -0.05) is 28.0 Å². The first-order valence-electron chi connectivity index (χ1n) is 5.96. The van der Waals surface area contributed by atoms with E-state index in [-0.39, 0.29) is 11.8 Å². The molecule has 0 heterocycles. The first-order valence-corrected chi connectivity index (χ1v) is 6.75. The van der Waals surface area contributed by atoms with E-state index in [1.54, 1.807) is 7.11 Å². The maximum Gasteiger partial charge on any atom is 0.143 e. The SMILES string of the molecule is COc1ccc(Br)cc1CN(C)CC(C)/C(N)=N/O. The fraction of sp³-hybridized carbons (Fsp3) is 0.462. The summed E-state index contributed by atoms with van der Waals surface area (Å²) in [4.78, 5) is 2.10. The number of rotatable bonds is 6. The van der Waals surface area contributed by atoms with E-state index in [1.165, 1.54) is 0 Å². The normalized spacial score (nSPS) is 13.6. The third kappa shape index (κ3) is 4.72. The predicted molar refractivity (Wildman–Crippen MR) is 79.6 cm³/mol. The van der Waals surface area contributed by atoms with Crippen LogP contribution in [-0.2, 0) is 6.54 Å². The average molecular weight is 330 g/mol. The van der Waals surface area contributed by atoms with Crippen LogP contribution in [0.5, 0.6) is 5.75 Å². The lowest BCUT2D eigenvalue weighted by atomic mass is 10.1. The van der Waals surface area contributed by atoms with Crippen molar-refractivity contribution in [1.29, 1.82) is 0 Å². The minimum atomic E-state index is -0.00634. The van der Waals surface area contributed by atoms with Crippen molar-refractivity contribution in [2.45, 2.75) is 13.5 Å². The molecule has 0 fully saturated rings. The fourth-order valence-electron chi connectivity index (χ4n) is 1.89. The Hall–Kier alpha value is -1.27. The van der Waals surface area contributed by atoms with Gasteiger partial charge in [-0.15, -0.1) is 0 Å². The Kier molecular flexibility index (Phi) is 6.11. The lowest BCUT2D eigenvalue weighted by Gasteiger charge is -2.21. The highest BCUT2D eigenvalue weighted by Crippen LogP contribution is 2.24. The molecule has 0 aliphatic heterocycles. The van der Waals surface area contributed by atoms with Gasteiger partial charge in [-0.25, -0.2) is 0 Å². The summed E-state index contributed by atoms with van der Waals surface area (Å²) in [6.45, 7) is 3.35. The molecule has 0 saturated carbocycles. The average Bonchev–Trinajstić information content (AvgIpc) is 2.37. The second-order valence-corrected chi connectivity index (χ2v) is 5.49. The van der Waals surface area contributed by atoms with E-state index in [1.807, 2.05) is 32.2 Å². The van der Waals surface area contributed by atoms with Crippen LogP contribution in [0.4, 0.5) is 0 Å². The molecule has 19 heavy (non-hydrogen) atoms. The Morgan fingerprint density at radius 1 is 1.58 bits per heavy atom. The summed E-state index contributed by atoms with van der Waals surface area (Å²) in [5.41, 5.74) is 6.67. The summed E-state index contributed by atoms with van der Waals surface area (Å²) >= 11 is 3.45. The fourth-order valence-corrected chi connectivity index (χ4v) is 2.29. The number of halogens is 1. The highest BCUT2D eigenvalue weighted by Gasteiger charge is 2.13. The molecule has 3 N–H and O–H groups in total. The van der Waals surface area contributed by atoms with E-state index >= 15 is 0 Å². The van der Waals surface area contributed by atoms with Gasteiger partial charge in [-0.2, -0.15) is 0 Å². The van der Waals surface area contributed by atoms with Gasteiger partial charge in [0.15, 0.2) is 0 Å². The van der Waals surface area contributed by atoms with Gasteiger partial charge in [0, 0.05) is 29.0 Å². The smallest absolute Gasteiger partial charge is 0.143 e. The molecular weight excluding hydrogens is 310 g/mol. The quantitative estimate of drug-likeness (QED) is 0.363. The van der Waals surface area contributed by atoms with Crippen LogP contribution in [0.2, 0.25) is 0 Å². The topological polar surface area (TPSA) is 71.1 Å². The summed E-state index contributed by atoms with van der Waals surface area (Å²) < 4.78 is 6.35. The summed E-state index contributed by atoms with van der Waals surface area (Å²) in [6.07, 6.45) is 0. The zero-order chi connectivity index (χ0) is 14.4. The van der Waals surface area contributed by atoms with Crippen molar-refractivity contribution in [3.63, 3.8) is 0 Å². The van der Waals surface area contributed by atoms with E-state index in [0.717, 1.165) is 22.3 Å². The Morgan fingerprint density at radius 3 is 2.84 bits per heavy atom. The van der Waals surface area contributed by atoms with Gasteiger partial charge in [-0.05, 0) is 25.2 Å². The largest absolute Gasteiger partial charge is 0.496 e. The lowest BCUT2D eigenvalue weighted by molar-refractivity contribution is 0.287. The second-order valence-electron chi connectivity index (χ2n) is 4.58. The highest BCUT2D eigenvalue weighted by atomic mass is 79.9. The summed E-state index contributed by atoms with van der Waals surface area (Å²) in [5.74, 6) is 1.09. The molecule has 0 spiro atoms. The van der Waals surface area contributed by atoms with Gasteiger partial charge < -0.3 is 20.6 Å². The van der Waals surface area contributed by atoms with Gasteiger partial charge >= 0.3 is 0 Å². The van der Waals surface area contributed by atoms with Gasteiger partial charge in [0.1, 0.15) is 11.6 Å². The van der Waals surface area contributed by atoms with Crippen molar-refractivity contribution in [2.24, 2.45) is 16.8 Å². The van der Waals surface area contributed by atoms with Crippen LogP contribution in [0.15, 0.2) is 27.8 Å². The first-order chi connectivity index (χ1) is 8.97. The van der Waals surface area contributed by atoms with Crippen LogP contribution in [-0.4, -0.2) is 36.6 Å². The van der Waals surface area contributed by atoms with E-state index in [9.17, 15) is 0 Å². The number of nitrogens with zero attached hydrogens (tertiary/aromatic N) is 2. The number of amidine groups is 1. The number of methoxy groups -OCH3 is 1. The third-order valence-corrected chi connectivity index (χ3v) is 3.38. The first kappa shape index (κ1) is 15.8. The second kappa shape index (κ2) is 7.35. The number of hydrogen-bond acceptors (Lipinski definition) is 4. The molecule has 0 bridgehead atoms. The van der Waals surface area contributed by atoms with Crippen LogP contribution >= 0.6 is 15.9 Å². The third-order valence-electron chi connectivity index (χ3n) is 2.89. The molecule has 1 unspecified atom stereocenters. The minimum Gasteiger partial charge on any atom is -0.496 e. The standard InChI is InChI=1S/C13H20BrN3O2/c1-9(13(15)16-18)7-17(2)8-10-6-11(14)4-5-12(10)19-3/h4-6,9,18H,7-8H2,1-3H3,(H2,15,16). The van der Waals surface area contributed by atoms with Crippen molar-refractivity contribution in [1.82, 2.24) is 4.90 Å². The summed E-state index contributed by atoms with van der Waals surface area (Å²) in [6, 6.07) is 5.91. The van der Waals surface area contributed by atoms with E-state index in [4.69, 9.17) is 15.7 Å². The van der Waals surface area contributed by atoms with Crippen molar-refractivity contribution in [3.05, 3.63) is 28.2 Å². The summed E-state index contributed by atoms with van der Waals surface area (Å²) in [5, 5.41) is 11.7. The van der Waals surface area contributed by atoms with Crippen LogP contribution in [0.25, 0.3) is 0 Å². The van der Waals surface area contributed by atoms with Gasteiger partial charge in [-0.3, -0.25) is 0 Å². The molecule has 1 aromatic carbocycles. The zero-order valence-corrected chi connectivity index (χ0v) is 13.0. The summed E-state index contributed by atoms with van der Waals surface area (Å²) in [7, 11) is 3.65. The van der Waals surface area contributed by atoms with E-state index in [0.29, 0.717) is 6.54 Å². The molecule has 6 heteroatoms. The Bertz CT molecular complexity index is 452. The molecule has 0 aliphatic rings. The Morgan fingerprint density at radius 2 is 2.26 bits per heavy atom. The molecule has 0 saturated heterocycles. The van der Waals surface area contributed by atoms with Crippen LogP contribution in [0.1, 0.15) is 12.5 Å². The lowest BCUT2D eigenvalue weighted by Crippen LogP contribution is -2.32. The van der Waals surface area contributed by atoms with Gasteiger partial charge in [0.05, 0.1) is 7.11 Å². The van der Waals surface area contributed by atoms with E-state index in [2.05, 4.69) is 26.0 Å². The molecule has 1 aromatic rings. The Balaban J connectivity index is 2.71. The number of hydrogen-bond donors (Lipinski definition) is 2. The molecule has 0 aromatic heterocycles. The van der Waals surface area contributed by atoms with Crippen LogP contribution < -0.4 is 10.5 Å². The molecule has 0 radical (unpaired) electrons. The van der Waals surface area contributed by atoms with Crippen molar-refractivity contribution in [2.75, 3.05) is 20.7 Å². The van der Waals surface area contributed by atoms with Crippen molar-refractivity contribution >= 4 is 21.8 Å². The minimum absolute atomic E-state index is 0.00634. The van der Waals surface area contributed by atoms with Crippen molar-refractivity contribution in [3.8, 4) is 5.75 Å². The predicted octanol–water partition coefficient (Wildman–Crippen LogP) is 2.27. The maximum absolute atomic E-state index is 8.64. The van der Waals surface area contributed by atoms with E-state index < -0.39 is 0 Å². The number of oxime groups is 1. The maximum atomic E-state index is 8.64.